The molecule has 0 aliphatic rings. The second-order valence-corrected chi connectivity index (χ2v) is 5.54. The van der Waals surface area contributed by atoms with E-state index in [1.165, 1.54) is 5.56 Å². The average molecular weight is 248 g/mol. The van der Waals surface area contributed by atoms with Gasteiger partial charge in [0.15, 0.2) is 0 Å². The molecule has 0 aliphatic carbocycles. The van der Waals surface area contributed by atoms with Crippen LogP contribution >= 0.6 is 0 Å². The van der Waals surface area contributed by atoms with Gasteiger partial charge in [-0.3, -0.25) is 4.68 Å². The van der Waals surface area contributed by atoms with Gasteiger partial charge in [-0.2, -0.15) is 10.4 Å². The summed E-state index contributed by atoms with van der Waals surface area (Å²) < 4.78 is 1.85. The summed E-state index contributed by atoms with van der Waals surface area (Å²) in [6, 6.07) is 2.34. The molecule has 4 nitrogen and oxygen atoms in total. The minimum Gasteiger partial charge on any atom is -0.313 e. The molecule has 0 amide bonds. The fourth-order valence-electron chi connectivity index (χ4n) is 1.92. The van der Waals surface area contributed by atoms with E-state index in [4.69, 9.17) is 5.26 Å². The molecule has 1 N–H and O–H groups in total. The molecular weight excluding hydrogens is 224 g/mol. The van der Waals surface area contributed by atoms with Crippen molar-refractivity contribution in [1.29, 1.82) is 5.26 Å². The fourth-order valence-corrected chi connectivity index (χ4v) is 1.92. The van der Waals surface area contributed by atoms with Gasteiger partial charge in [-0.25, -0.2) is 0 Å². The van der Waals surface area contributed by atoms with E-state index in [1.54, 1.807) is 0 Å². The third kappa shape index (κ3) is 4.89. The van der Waals surface area contributed by atoms with Gasteiger partial charge in [0.1, 0.15) is 0 Å². The summed E-state index contributed by atoms with van der Waals surface area (Å²) in [4.78, 5) is 0. The number of hydrogen-bond acceptors (Lipinski definition) is 3. The molecule has 4 heteroatoms. The number of aryl methyl sites for hydroxylation is 2. The van der Waals surface area contributed by atoms with E-state index in [0.29, 0.717) is 0 Å². The Bertz CT molecular complexity index is 412. The molecule has 0 spiro atoms. The number of nitriles is 1. The zero-order valence-corrected chi connectivity index (χ0v) is 12.0. The summed E-state index contributed by atoms with van der Waals surface area (Å²) in [5, 5.41) is 16.6. The van der Waals surface area contributed by atoms with Crippen molar-refractivity contribution in [2.24, 2.45) is 12.5 Å². The molecule has 1 rings (SSSR count). The molecule has 1 aromatic rings. The number of nitrogens with one attached hydrogen (secondary N) is 1. The van der Waals surface area contributed by atoms with Gasteiger partial charge in [-0.1, -0.05) is 6.42 Å². The van der Waals surface area contributed by atoms with Crippen LogP contribution < -0.4 is 5.32 Å². The normalized spacial score (nSPS) is 11.5. The Morgan fingerprint density at radius 3 is 2.72 bits per heavy atom. The first-order chi connectivity index (χ1) is 8.44. The second-order valence-electron chi connectivity index (χ2n) is 5.54. The molecule has 0 unspecified atom stereocenters. The highest BCUT2D eigenvalue weighted by Gasteiger charge is 2.15. The van der Waals surface area contributed by atoms with Crippen LogP contribution in [0.4, 0.5) is 0 Å². The van der Waals surface area contributed by atoms with Crippen LogP contribution in [0.1, 0.15) is 44.4 Å². The summed E-state index contributed by atoms with van der Waals surface area (Å²) in [6.45, 7) is 7.91. The summed E-state index contributed by atoms with van der Waals surface area (Å²) >= 11 is 0. The average Bonchev–Trinajstić information content (AvgIpc) is 2.62. The highest BCUT2D eigenvalue weighted by atomic mass is 15.2. The van der Waals surface area contributed by atoms with Crippen molar-refractivity contribution in [1.82, 2.24) is 15.1 Å². The first-order valence-electron chi connectivity index (χ1n) is 6.56. The van der Waals surface area contributed by atoms with Crippen LogP contribution in [0, 0.1) is 23.7 Å². The van der Waals surface area contributed by atoms with Crippen molar-refractivity contribution in [2.45, 2.75) is 46.6 Å². The van der Waals surface area contributed by atoms with Gasteiger partial charge in [0.25, 0.3) is 0 Å². The predicted molar refractivity (Wildman–Crippen MR) is 72.9 cm³/mol. The molecule has 0 atom stereocenters. The molecule has 18 heavy (non-hydrogen) atoms. The maximum Gasteiger partial charge on any atom is 0.0683 e. The fraction of sp³-hybridized carbons (Fsp3) is 0.714. The molecule has 0 saturated heterocycles. The lowest BCUT2D eigenvalue weighted by atomic mass is 9.89. The lowest BCUT2D eigenvalue weighted by Crippen LogP contribution is -2.16. The zero-order valence-electron chi connectivity index (χ0n) is 12.0. The molecule has 0 saturated carbocycles. The second kappa shape index (κ2) is 6.55. The van der Waals surface area contributed by atoms with Crippen LogP contribution in [0.15, 0.2) is 6.20 Å². The summed E-state index contributed by atoms with van der Waals surface area (Å²) in [6.07, 6.45) is 5.24. The van der Waals surface area contributed by atoms with E-state index in [2.05, 4.69) is 22.7 Å². The van der Waals surface area contributed by atoms with Gasteiger partial charge in [-0.15, -0.1) is 0 Å². The predicted octanol–water partition coefficient (Wildman–Crippen LogP) is 2.54. The van der Waals surface area contributed by atoms with Gasteiger partial charge in [0, 0.05) is 25.4 Å². The Hall–Kier alpha value is -1.34. The van der Waals surface area contributed by atoms with Gasteiger partial charge in [-0.05, 0) is 40.2 Å². The van der Waals surface area contributed by atoms with E-state index in [1.807, 2.05) is 32.5 Å². The van der Waals surface area contributed by atoms with E-state index < -0.39 is 0 Å². The van der Waals surface area contributed by atoms with E-state index >= 15 is 0 Å². The lowest BCUT2D eigenvalue weighted by Gasteiger charge is -2.14. The van der Waals surface area contributed by atoms with Crippen molar-refractivity contribution >= 4 is 0 Å². The van der Waals surface area contributed by atoms with Crippen LogP contribution in [0.25, 0.3) is 0 Å². The number of rotatable bonds is 7. The Morgan fingerprint density at radius 1 is 1.44 bits per heavy atom. The van der Waals surface area contributed by atoms with Crippen molar-refractivity contribution in [3.05, 3.63) is 17.5 Å². The zero-order chi connectivity index (χ0) is 13.6. The van der Waals surface area contributed by atoms with Crippen LogP contribution in [-0.4, -0.2) is 16.3 Å². The van der Waals surface area contributed by atoms with Crippen molar-refractivity contribution in [2.75, 3.05) is 6.54 Å². The van der Waals surface area contributed by atoms with Crippen molar-refractivity contribution < 1.29 is 0 Å². The minimum atomic E-state index is -0.181. The third-order valence-electron chi connectivity index (χ3n) is 3.14. The highest BCUT2D eigenvalue weighted by Crippen LogP contribution is 2.21. The molecule has 0 fully saturated rings. The van der Waals surface area contributed by atoms with Crippen molar-refractivity contribution in [3.8, 4) is 6.07 Å². The van der Waals surface area contributed by atoms with Gasteiger partial charge in [0.2, 0.25) is 0 Å². The Labute approximate surface area is 110 Å². The Kier molecular flexibility index (Phi) is 5.36. The number of aromatic nitrogens is 2. The maximum atomic E-state index is 8.90. The van der Waals surface area contributed by atoms with Gasteiger partial charge >= 0.3 is 0 Å². The van der Waals surface area contributed by atoms with Crippen LogP contribution in [-0.2, 0) is 13.6 Å². The smallest absolute Gasteiger partial charge is 0.0683 e. The first kappa shape index (κ1) is 14.7. The van der Waals surface area contributed by atoms with Crippen molar-refractivity contribution in [3.63, 3.8) is 0 Å². The molecule has 0 aliphatic heterocycles. The molecule has 1 heterocycles. The number of unbranched alkanes of at least 4 members (excludes halogenated alkanes) is 1. The Morgan fingerprint density at radius 2 is 2.17 bits per heavy atom. The molecule has 0 bridgehead atoms. The molecule has 0 aromatic carbocycles. The van der Waals surface area contributed by atoms with Crippen LogP contribution in [0.3, 0.4) is 0 Å². The minimum absolute atomic E-state index is 0.181. The first-order valence-corrected chi connectivity index (χ1v) is 6.56. The largest absolute Gasteiger partial charge is 0.313 e. The Balaban J connectivity index is 2.13. The number of hydrogen-bond donors (Lipinski definition) is 1. The topological polar surface area (TPSA) is 53.6 Å². The molecular formula is C14H24N4. The molecule has 100 valence electrons. The summed E-state index contributed by atoms with van der Waals surface area (Å²) in [7, 11) is 1.94. The van der Waals surface area contributed by atoms with E-state index in [9.17, 15) is 0 Å². The third-order valence-corrected chi connectivity index (χ3v) is 3.14. The number of nitrogens with zero attached hydrogens (tertiary/aromatic N) is 3. The summed E-state index contributed by atoms with van der Waals surface area (Å²) in [5.41, 5.74) is 2.17. The van der Waals surface area contributed by atoms with Gasteiger partial charge in [0.05, 0.1) is 17.2 Å². The standard InChI is InChI=1S/C14H24N4/c1-12-13(10-18(4)17-12)9-16-8-6-5-7-14(2,3)11-15/h10,16H,5-9H2,1-4H3. The van der Waals surface area contributed by atoms with Gasteiger partial charge < -0.3 is 5.32 Å². The van der Waals surface area contributed by atoms with Crippen LogP contribution in [0.5, 0.6) is 0 Å². The molecule has 1 aromatic heterocycles. The SMILES string of the molecule is Cc1nn(C)cc1CNCCCCC(C)(C)C#N. The maximum absolute atomic E-state index is 8.90. The summed E-state index contributed by atoms with van der Waals surface area (Å²) in [5.74, 6) is 0. The quantitative estimate of drug-likeness (QED) is 0.754. The highest BCUT2D eigenvalue weighted by molar-refractivity contribution is 5.14. The van der Waals surface area contributed by atoms with E-state index in [0.717, 1.165) is 38.0 Å². The lowest BCUT2D eigenvalue weighted by molar-refractivity contribution is 0.422. The van der Waals surface area contributed by atoms with Crippen LogP contribution in [0.2, 0.25) is 0 Å². The molecule has 0 radical (unpaired) electrons. The monoisotopic (exact) mass is 248 g/mol. The van der Waals surface area contributed by atoms with E-state index in [-0.39, 0.29) is 5.41 Å².